The molecule has 4 heterocycles. The first kappa shape index (κ1) is 21.8. The Balaban J connectivity index is 1.30. The van der Waals surface area contributed by atoms with E-state index in [4.69, 9.17) is 9.26 Å². The van der Waals surface area contributed by atoms with E-state index in [1.54, 1.807) is 6.92 Å². The molecule has 3 atom stereocenters. The van der Waals surface area contributed by atoms with E-state index < -0.39 is 24.6 Å². The van der Waals surface area contributed by atoms with Gasteiger partial charge in [0, 0.05) is 31.9 Å². The standard InChI is InChI=1S/C19H20F5N7O2/c1-10-26-17(33-29-10)30-7-11-2-3-12(8-30)13(11)6-14-27-15-16(25-4-5-31(15)28-14)32-9-18(20,21)19(22,23)24/h4-5,11-13H,2-3,6-9H2,1H3/t11-,12+,13?. The zero-order valence-corrected chi connectivity index (χ0v) is 17.5. The molecule has 0 amide bonds. The lowest BCUT2D eigenvalue weighted by Gasteiger charge is -2.36. The van der Waals surface area contributed by atoms with Crippen LogP contribution >= 0.6 is 0 Å². The third-order valence-electron chi connectivity index (χ3n) is 6.31. The van der Waals surface area contributed by atoms with Gasteiger partial charge in [-0.3, -0.25) is 0 Å². The summed E-state index contributed by atoms with van der Waals surface area (Å²) in [6.45, 7) is 1.40. The maximum Gasteiger partial charge on any atom is 0.456 e. The molecular formula is C19H20F5N7O2. The minimum atomic E-state index is -5.72. The van der Waals surface area contributed by atoms with Crippen LogP contribution in [0.3, 0.4) is 0 Å². The van der Waals surface area contributed by atoms with E-state index in [0.29, 0.717) is 41.8 Å². The van der Waals surface area contributed by atoms with Crippen LogP contribution < -0.4 is 9.64 Å². The predicted octanol–water partition coefficient (Wildman–Crippen LogP) is 3.10. The molecule has 14 heteroatoms. The van der Waals surface area contributed by atoms with Crippen molar-refractivity contribution >= 4 is 11.7 Å². The van der Waals surface area contributed by atoms with Crippen LogP contribution in [-0.4, -0.2) is 61.5 Å². The van der Waals surface area contributed by atoms with E-state index >= 15 is 0 Å². The van der Waals surface area contributed by atoms with Crippen LogP contribution in [0.25, 0.3) is 5.65 Å². The summed E-state index contributed by atoms with van der Waals surface area (Å²) in [6, 6.07) is 0.511. The average molecular weight is 473 g/mol. The highest BCUT2D eigenvalue weighted by molar-refractivity contribution is 5.48. The van der Waals surface area contributed by atoms with Crippen molar-refractivity contribution < 1.29 is 31.2 Å². The number of hydrogen-bond donors (Lipinski definition) is 0. The Morgan fingerprint density at radius 3 is 2.48 bits per heavy atom. The summed E-state index contributed by atoms with van der Waals surface area (Å²) in [6.07, 6.45) is -0.447. The van der Waals surface area contributed by atoms with Gasteiger partial charge in [-0.15, -0.1) is 0 Å². The molecule has 0 N–H and O–H groups in total. The molecule has 3 aromatic rings. The molecule has 0 aromatic carbocycles. The number of nitrogens with zero attached hydrogens (tertiary/aromatic N) is 7. The number of fused-ring (bicyclic) bond motifs is 3. The topological polar surface area (TPSA) is 94.5 Å². The fraction of sp³-hybridized carbons (Fsp3) is 0.632. The van der Waals surface area contributed by atoms with Gasteiger partial charge in [0.05, 0.1) is 0 Å². The van der Waals surface area contributed by atoms with Gasteiger partial charge in [-0.05, 0) is 37.5 Å². The molecule has 0 radical (unpaired) electrons. The highest BCUT2D eigenvalue weighted by atomic mass is 19.4. The van der Waals surface area contributed by atoms with Crippen molar-refractivity contribution in [2.45, 2.75) is 38.3 Å². The van der Waals surface area contributed by atoms with Crippen molar-refractivity contribution in [3.05, 3.63) is 24.0 Å². The molecule has 2 fully saturated rings. The first-order valence-electron chi connectivity index (χ1n) is 10.4. The van der Waals surface area contributed by atoms with E-state index in [9.17, 15) is 22.0 Å². The molecule has 1 saturated carbocycles. The zero-order chi connectivity index (χ0) is 23.4. The Kier molecular flexibility index (Phi) is 5.12. The quantitative estimate of drug-likeness (QED) is 0.505. The fourth-order valence-electron chi connectivity index (χ4n) is 4.72. The van der Waals surface area contributed by atoms with Crippen LogP contribution in [0.4, 0.5) is 28.0 Å². The number of halogens is 5. The van der Waals surface area contributed by atoms with Gasteiger partial charge < -0.3 is 14.2 Å². The second kappa shape index (κ2) is 7.76. The van der Waals surface area contributed by atoms with Crippen LogP contribution in [0.5, 0.6) is 5.88 Å². The Morgan fingerprint density at radius 1 is 1.12 bits per heavy atom. The van der Waals surface area contributed by atoms with Crippen molar-refractivity contribution in [1.82, 2.24) is 29.7 Å². The Bertz CT molecular complexity index is 1130. The third kappa shape index (κ3) is 4.06. The lowest BCUT2D eigenvalue weighted by molar-refractivity contribution is -0.290. The van der Waals surface area contributed by atoms with Crippen LogP contribution in [0.1, 0.15) is 24.5 Å². The number of hydrogen-bond acceptors (Lipinski definition) is 8. The number of alkyl halides is 5. The molecule has 2 aliphatic rings. The highest BCUT2D eigenvalue weighted by Crippen LogP contribution is 2.44. The molecule has 3 aromatic heterocycles. The molecule has 1 aliphatic carbocycles. The van der Waals surface area contributed by atoms with Crippen LogP contribution in [0, 0.1) is 24.7 Å². The number of ether oxygens (including phenoxy) is 1. The Labute approximate surface area is 183 Å². The fourth-order valence-corrected chi connectivity index (χ4v) is 4.72. The summed E-state index contributed by atoms with van der Waals surface area (Å²) in [4.78, 5) is 14.5. The molecule has 0 spiro atoms. The van der Waals surface area contributed by atoms with Crippen LogP contribution in [0.15, 0.2) is 16.9 Å². The maximum absolute atomic E-state index is 13.2. The second-order valence-corrected chi connectivity index (χ2v) is 8.51. The van der Waals surface area contributed by atoms with Gasteiger partial charge in [0.15, 0.2) is 18.3 Å². The molecule has 178 valence electrons. The highest BCUT2D eigenvalue weighted by Gasteiger charge is 2.58. The van der Waals surface area contributed by atoms with Gasteiger partial charge in [-0.1, -0.05) is 5.16 Å². The minimum absolute atomic E-state index is 0.00316. The number of aryl methyl sites for hydroxylation is 1. The van der Waals surface area contributed by atoms with Crippen molar-refractivity contribution in [3.8, 4) is 5.88 Å². The number of piperidine rings is 1. The summed E-state index contributed by atoms with van der Waals surface area (Å²) < 4.78 is 75.0. The molecule has 1 unspecified atom stereocenters. The summed E-state index contributed by atoms with van der Waals surface area (Å²) in [7, 11) is 0. The lowest BCUT2D eigenvalue weighted by Crippen LogP contribution is -2.43. The van der Waals surface area contributed by atoms with Crippen molar-refractivity contribution in [2.24, 2.45) is 17.8 Å². The zero-order valence-electron chi connectivity index (χ0n) is 17.5. The number of aromatic nitrogens is 6. The summed E-state index contributed by atoms with van der Waals surface area (Å²) >= 11 is 0. The maximum atomic E-state index is 13.2. The number of rotatable bonds is 6. The Morgan fingerprint density at radius 2 is 1.85 bits per heavy atom. The van der Waals surface area contributed by atoms with E-state index in [0.717, 1.165) is 25.9 Å². The number of anilines is 1. The van der Waals surface area contributed by atoms with Crippen molar-refractivity contribution in [3.63, 3.8) is 0 Å². The summed E-state index contributed by atoms with van der Waals surface area (Å²) in [5.41, 5.74) is -0.00316. The average Bonchev–Trinajstić information content (AvgIpc) is 3.41. The van der Waals surface area contributed by atoms with E-state index in [-0.39, 0.29) is 5.65 Å². The third-order valence-corrected chi connectivity index (χ3v) is 6.31. The van der Waals surface area contributed by atoms with Gasteiger partial charge in [-0.2, -0.15) is 32.0 Å². The molecular weight excluding hydrogens is 453 g/mol. The first-order chi connectivity index (χ1) is 15.6. The van der Waals surface area contributed by atoms with Gasteiger partial charge in [-0.25, -0.2) is 14.5 Å². The SMILES string of the molecule is Cc1noc(N2C[C@H]3CC[C@@H](C2)C3Cc2nc3c(OCC(F)(F)C(F)(F)F)nccn3n2)n1. The van der Waals surface area contributed by atoms with E-state index in [1.165, 1.54) is 16.9 Å². The monoisotopic (exact) mass is 473 g/mol. The van der Waals surface area contributed by atoms with Gasteiger partial charge in [0.25, 0.3) is 5.88 Å². The van der Waals surface area contributed by atoms with Crippen LogP contribution in [0.2, 0.25) is 0 Å². The predicted molar refractivity (Wildman–Crippen MR) is 102 cm³/mol. The molecule has 9 nitrogen and oxygen atoms in total. The molecule has 1 aliphatic heterocycles. The summed E-state index contributed by atoms with van der Waals surface area (Å²) in [5, 5.41) is 8.21. The van der Waals surface area contributed by atoms with Gasteiger partial charge >= 0.3 is 18.1 Å². The van der Waals surface area contributed by atoms with Crippen molar-refractivity contribution in [1.29, 1.82) is 0 Å². The van der Waals surface area contributed by atoms with Gasteiger partial charge in [0.1, 0.15) is 0 Å². The molecule has 2 bridgehead atoms. The van der Waals surface area contributed by atoms with E-state index in [1.807, 2.05) is 0 Å². The van der Waals surface area contributed by atoms with E-state index in [2.05, 4.69) is 30.1 Å². The smallest absolute Gasteiger partial charge is 0.456 e. The lowest BCUT2D eigenvalue weighted by atomic mass is 9.82. The second-order valence-electron chi connectivity index (χ2n) is 8.51. The Hall–Kier alpha value is -3.06. The molecule has 5 rings (SSSR count). The minimum Gasteiger partial charge on any atom is -0.468 e. The molecule has 33 heavy (non-hydrogen) atoms. The van der Waals surface area contributed by atoms with Crippen LogP contribution in [-0.2, 0) is 6.42 Å². The largest absolute Gasteiger partial charge is 0.468 e. The van der Waals surface area contributed by atoms with Crippen molar-refractivity contribution in [2.75, 3.05) is 24.6 Å². The summed E-state index contributed by atoms with van der Waals surface area (Å²) in [5.74, 6) is -3.37. The van der Waals surface area contributed by atoms with Gasteiger partial charge in [0.2, 0.25) is 5.65 Å². The first-order valence-corrected chi connectivity index (χ1v) is 10.4. The molecule has 1 saturated heterocycles. The normalized spacial score (nSPS) is 23.5.